The van der Waals surface area contributed by atoms with Gasteiger partial charge < -0.3 is 10.2 Å². The first kappa shape index (κ1) is 20.0. The Morgan fingerprint density at radius 1 is 1.03 bits per heavy atom. The summed E-state index contributed by atoms with van der Waals surface area (Å²) in [5.74, 6) is -0.0411. The maximum atomic E-state index is 13.1. The summed E-state index contributed by atoms with van der Waals surface area (Å²) in [5, 5.41) is 3.24. The van der Waals surface area contributed by atoms with E-state index >= 15 is 0 Å². The number of fused-ring (bicyclic) bond motifs is 2. The van der Waals surface area contributed by atoms with Gasteiger partial charge in [0, 0.05) is 27.9 Å². The molecule has 1 N–H and O–H groups in total. The molecule has 0 aromatic heterocycles. The fourth-order valence-electron chi connectivity index (χ4n) is 4.24. The van der Waals surface area contributed by atoms with Crippen LogP contribution >= 0.6 is 11.8 Å². The van der Waals surface area contributed by atoms with Crippen LogP contribution in [0.15, 0.2) is 52.3 Å². The lowest BCUT2D eigenvalue weighted by atomic mass is 9.96. The zero-order chi connectivity index (χ0) is 20.2. The lowest BCUT2D eigenvalue weighted by molar-refractivity contribution is 0.0928. The van der Waals surface area contributed by atoms with Gasteiger partial charge in [0.2, 0.25) is 0 Å². The van der Waals surface area contributed by atoms with E-state index in [-0.39, 0.29) is 17.9 Å². The lowest BCUT2D eigenvalue weighted by Crippen LogP contribution is -2.35. The quantitative estimate of drug-likeness (QED) is 0.713. The number of carbonyl (C=O) groups excluding carboxylic acids is 2. The predicted octanol–water partition coefficient (Wildman–Crippen LogP) is 5.66. The molecule has 29 heavy (non-hydrogen) atoms. The Balaban J connectivity index is 1.60. The van der Waals surface area contributed by atoms with E-state index in [2.05, 4.69) is 5.32 Å². The van der Waals surface area contributed by atoms with Crippen molar-refractivity contribution in [2.75, 3.05) is 11.4 Å². The molecule has 5 heteroatoms. The number of hydrogen-bond acceptors (Lipinski definition) is 3. The second-order valence-corrected chi connectivity index (χ2v) is 8.93. The van der Waals surface area contributed by atoms with E-state index in [1.807, 2.05) is 49.4 Å². The van der Waals surface area contributed by atoms with Gasteiger partial charge in [-0.05, 0) is 50.1 Å². The van der Waals surface area contributed by atoms with Gasteiger partial charge in [0.15, 0.2) is 0 Å². The summed E-state index contributed by atoms with van der Waals surface area (Å²) in [7, 11) is 0. The molecular formula is C24H28N2O2S. The van der Waals surface area contributed by atoms with Crippen molar-refractivity contribution >= 4 is 29.3 Å². The molecule has 0 spiro atoms. The van der Waals surface area contributed by atoms with Crippen LogP contribution in [0.5, 0.6) is 0 Å². The van der Waals surface area contributed by atoms with Crippen molar-refractivity contribution in [2.45, 2.75) is 67.7 Å². The minimum atomic E-state index is -0.0337. The van der Waals surface area contributed by atoms with E-state index in [9.17, 15) is 9.59 Å². The highest BCUT2D eigenvalue weighted by Gasteiger charge is 2.27. The summed E-state index contributed by atoms with van der Waals surface area (Å²) in [6.07, 6.45) is 8.31. The zero-order valence-corrected chi connectivity index (χ0v) is 17.8. The van der Waals surface area contributed by atoms with E-state index in [0.29, 0.717) is 12.1 Å². The summed E-state index contributed by atoms with van der Waals surface area (Å²) in [6.45, 7) is 2.54. The van der Waals surface area contributed by atoms with Crippen LogP contribution in [0.25, 0.3) is 0 Å². The van der Waals surface area contributed by atoms with Gasteiger partial charge in [-0.3, -0.25) is 9.59 Å². The van der Waals surface area contributed by atoms with Gasteiger partial charge >= 0.3 is 0 Å². The highest BCUT2D eigenvalue weighted by atomic mass is 32.2. The number of benzene rings is 2. The van der Waals surface area contributed by atoms with Crippen molar-refractivity contribution in [3.63, 3.8) is 0 Å². The van der Waals surface area contributed by atoms with Gasteiger partial charge in [0.25, 0.3) is 11.8 Å². The highest BCUT2D eigenvalue weighted by molar-refractivity contribution is 7.99. The molecule has 0 saturated heterocycles. The van der Waals surface area contributed by atoms with Gasteiger partial charge in [-0.2, -0.15) is 0 Å². The molecule has 2 amide bonds. The maximum absolute atomic E-state index is 13.1. The summed E-state index contributed by atoms with van der Waals surface area (Å²) in [6, 6.07) is 13.7. The third-order valence-corrected chi connectivity index (χ3v) is 6.99. The Morgan fingerprint density at radius 2 is 1.76 bits per heavy atom. The second-order valence-electron chi connectivity index (χ2n) is 7.85. The van der Waals surface area contributed by atoms with E-state index in [1.54, 1.807) is 16.7 Å². The molecule has 0 radical (unpaired) electrons. The van der Waals surface area contributed by atoms with Crippen LogP contribution in [0.3, 0.4) is 0 Å². The molecular weight excluding hydrogens is 380 g/mol. The Kier molecular flexibility index (Phi) is 6.24. The van der Waals surface area contributed by atoms with Gasteiger partial charge in [0.05, 0.1) is 11.3 Å². The number of hydrogen-bond donors (Lipinski definition) is 1. The third kappa shape index (κ3) is 4.35. The second kappa shape index (κ2) is 9.04. The minimum Gasteiger partial charge on any atom is -0.349 e. The fourth-order valence-corrected chi connectivity index (χ4v) is 5.30. The van der Waals surface area contributed by atoms with Crippen LogP contribution in [0.4, 0.5) is 5.69 Å². The summed E-state index contributed by atoms with van der Waals surface area (Å²) >= 11 is 1.59. The van der Waals surface area contributed by atoms with Gasteiger partial charge in [-0.25, -0.2) is 0 Å². The number of amides is 2. The molecule has 1 saturated carbocycles. The smallest absolute Gasteiger partial charge is 0.259 e. The van der Waals surface area contributed by atoms with Crippen molar-refractivity contribution in [1.82, 2.24) is 5.32 Å². The predicted molar refractivity (Wildman–Crippen MR) is 118 cm³/mol. The van der Waals surface area contributed by atoms with Crippen molar-refractivity contribution in [3.8, 4) is 0 Å². The Morgan fingerprint density at radius 3 is 2.52 bits per heavy atom. The Hall–Kier alpha value is -2.27. The fraction of sp³-hybridized carbons (Fsp3) is 0.417. The summed E-state index contributed by atoms with van der Waals surface area (Å²) in [4.78, 5) is 29.8. The molecule has 0 bridgehead atoms. The average molecular weight is 409 g/mol. The van der Waals surface area contributed by atoms with E-state index in [0.717, 1.165) is 33.9 Å². The molecule has 4 nitrogen and oxygen atoms in total. The first-order valence-electron chi connectivity index (χ1n) is 10.7. The third-order valence-electron chi connectivity index (χ3n) is 5.85. The summed E-state index contributed by atoms with van der Waals surface area (Å²) in [5.41, 5.74) is 2.17. The van der Waals surface area contributed by atoms with E-state index < -0.39 is 0 Å². The van der Waals surface area contributed by atoms with Crippen LogP contribution < -0.4 is 10.2 Å². The molecule has 1 aliphatic heterocycles. The molecule has 2 aromatic carbocycles. The van der Waals surface area contributed by atoms with Crippen molar-refractivity contribution in [3.05, 3.63) is 53.6 Å². The molecule has 1 heterocycles. The van der Waals surface area contributed by atoms with Crippen molar-refractivity contribution in [1.29, 1.82) is 0 Å². The molecule has 4 rings (SSSR count). The van der Waals surface area contributed by atoms with Gasteiger partial charge in [0.1, 0.15) is 0 Å². The molecule has 0 unspecified atom stereocenters. The van der Waals surface area contributed by atoms with Crippen LogP contribution in [0.2, 0.25) is 0 Å². The molecule has 152 valence electrons. The standard InChI is InChI=1S/C24H28N2O2S/c1-2-26-20-16-17(23(27)25-18-10-6-4-3-5-7-11-18)14-15-22(20)29-21-13-9-8-12-19(21)24(26)28/h8-9,12-16,18H,2-7,10-11H2,1H3,(H,25,27). The highest BCUT2D eigenvalue weighted by Crippen LogP contribution is 2.41. The van der Waals surface area contributed by atoms with Crippen molar-refractivity contribution < 1.29 is 9.59 Å². The number of anilines is 1. The SMILES string of the molecule is CCN1C(=O)c2ccccc2Sc2ccc(C(=O)NC3CCCCCCC3)cc21. The average Bonchev–Trinajstić information content (AvgIpc) is 2.83. The largest absolute Gasteiger partial charge is 0.349 e. The topological polar surface area (TPSA) is 49.4 Å². The summed E-state index contributed by atoms with van der Waals surface area (Å²) < 4.78 is 0. The van der Waals surface area contributed by atoms with E-state index in [1.165, 1.54) is 32.1 Å². The minimum absolute atomic E-state index is 0.00748. The molecule has 0 atom stereocenters. The molecule has 2 aliphatic rings. The molecule has 1 fully saturated rings. The van der Waals surface area contributed by atoms with Crippen molar-refractivity contribution in [2.24, 2.45) is 0 Å². The maximum Gasteiger partial charge on any atom is 0.259 e. The number of nitrogens with zero attached hydrogens (tertiary/aromatic N) is 1. The van der Waals surface area contributed by atoms with E-state index in [4.69, 9.17) is 0 Å². The normalized spacial score (nSPS) is 17.6. The zero-order valence-electron chi connectivity index (χ0n) is 16.9. The van der Waals surface area contributed by atoms with Crippen LogP contribution in [0, 0.1) is 0 Å². The first-order valence-corrected chi connectivity index (χ1v) is 11.5. The Bertz CT molecular complexity index is 904. The van der Waals surface area contributed by atoms with Crippen LogP contribution in [-0.4, -0.2) is 24.4 Å². The first-order chi connectivity index (χ1) is 14.2. The number of nitrogens with one attached hydrogen (secondary N) is 1. The van der Waals surface area contributed by atoms with Crippen LogP contribution in [0.1, 0.15) is 72.6 Å². The number of rotatable bonds is 3. The Labute approximate surface area is 177 Å². The molecule has 2 aromatic rings. The van der Waals surface area contributed by atoms with Gasteiger partial charge in [-0.1, -0.05) is 56.0 Å². The van der Waals surface area contributed by atoms with Crippen LogP contribution in [-0.2, 0) is 0 Å². The molecule has 1 aliphatic carbocycles. The monoisotopic (exact) mass is 408 g/mol. The number of carbonyl (C=O) groups is 2. The lowest BCUT2D eigenvalue weighted by Gasteiger charge is -2.23. The van der Waals surface area contributed by atoms with Gasteiger partial charge in [-0.15, -0.1) is 0 Å².